The zero-order valence-electron chi connectivity index (χ0n) is 8.81. The maximum Gasteiger partial charge on any atom is 0.225 e. The predicted octanol–water partition coefficient (Wildman–Crippen LogP) is -0.815. The largest absolute Gasteiger partial charge is 0.368 e. The molecule has 2 heterocycles. The van der Waals surface area contributed by atoms with E-state index in [4.69, 9.17) is 22.9 Å². The molecular formula is C6H8N10S2. The van der Waals surface area contributed by atoms with Gasteiger partial charge >= 0.3 is 0 Å². The predicted molar refractivity (Wildman–Crippen MR) is 69.0 cm³/mol. The first kappa shape index (κ1) is 12.4. The van der Waals surface area contributed by atoms with Crippen molar-refractivity contribution in [1.29, 1.82) is 0 Å². The van der Waals surface area contributed by atoms with Crippen molar-refractivity contribution in [3.8, 4) is 0 Å². The second-order valence-electron chi connectivity index (χ2n) is 2.84. The highest BCUT2D eigenvalue weighted by molar-refractivity contribution is 8.76. The summed E-state index contributed by atoms with van der Waals surface area (Å²) in [7, 11) is 2.30. The van der Waals surface area contributed by atoms with Crippen LogP contribution in [-0.2, 0) is 0 Å². The number of rotatable bonds is 3. The summed E-state index contributed by atoms with van der Waals surface area (Å²) in [6.07, 6.45) is 0. The maximum atomic E-state index is 5.43. The van der Waals surface area contributed by atoms with Gasteiger partial charge in [0.1, 0.15) is 0 Å². The first-order chi connectivity index (χ1) is 8.52. The molecule has 0 aliphatic rings. The highest BCUT2D eigenvalue weighted by atomic mass is 33.1. The summed E-state index contributed by atoms with van der Waals surface area (Å²) >= 11 is 0. The van der Waals surface area contributed by atoms with Crippen LogP contribution >= 0.6 is 21.6 Å². The Morgan fingerprint density at radius 3 is 1.06 bits per heavy atom. The Morgan fingerprint density at radius 2 is 0.778 bits per heavy atom. The molecular weight excluding hydrogens is 276 g/mol. The fraction of sp³-hybridized carbons (Fsp3) is 0. The van der Waals surface area contributed by atoms with E-state index in [-0.39, 0.29) is 23.8 Å². The fourth-order valence-electron chi connectivity index (χ4n) is 0.926. The summed E-state index contributed by atoms with van der Waals surface area (Å²) in [5, 5.41) is 0.671. The van der Waals surface area contributed by atoms with E-state index in [9.17, 15) is 0 Å². The van der Waals surface area contributed by atoms with Crippen LogP contribution < -0.4 is 22.9 Å². The van der Waals surface area contributed by atoms with Gasteiger partial charge in [-0.3, -0.25) is 0 Å². The van der Waals surface area contributed by atoms with Crippen molar-refractivity contribution in [3.63, 3.8) is 0 Å². The second kappa shape index (κ2) is 5.05. The van der Waals surface area contributed by atoms with Gasteiger partial charge in [-0.25, -0.2) is 0 Å². The molecule has 0 aromatic carbocycles. The van der Waals surface area contributed by atoms with Gasteiger partial charge in [-0.1, -0.05) is 0 Å². The molecule has 0 atom stereocenters. The number of hydrogen-bond donors (Lipinski definition) is 4. The Balaban J connectivity index is 2.11. The smallest absolute Gasteiger partial charge is 0.225 e. The van der Waals surface area contributed by atoms with Crippen molar-refractivity contribution in [1.82, 2.24) is 29.9 Å². The molecule has 18 heavy (non-hydrogen) atoms. The van der Waals surface area contributed by atoms with Gasteiger partial charge in [-0.15, -0.1) is 0 Å². The number of nitrogens with two attached hydrogens (primary N) is 4. The molecule has 0 amide bonds. The summed E-state index contributed by atoms with van der Waals surface area (Å²) in [5.74, 6) is 0.168. The van der Waals surface area contributed by atoms with Crippen LogP contribution in [0.3, 0.4) is 0 Å². The highest BCUT2D eigenvalue weighted by Crippen LogP contribution is 2.33. The van der Waals surface area contributed by atoms with Gasteiger partial charge in [0, 0.05) is 0 Å². The van der Waals surface area contributed by atoms with Gasteiger partial charge in [0.2, 0.25) is 34.1 Å². The van der Waals surface area contributed by atoms with Crippen LogP contribution in [-0.4, -0.2) is 29.9 Å². The number of hydrogen-bond acceptors (Lipinski definition) is 12. The lowest BCUT2D eigenvalue weighted by Crippen LogP contribution is -2.04. The number of anilines is 4. The number of nitrogen functional groups attached to an aromatic ring is 4. The van der Waals surface area contributed by atoms with E-state index < -0.39 is 0 Å². The average Bonchev–Trinajstić information content (AvgIpc) is 2.23. The minimum absolute atomic E-state index is 0.0419. The van der Waals surface area contributed by atoms with E-state index in [1.165, 1.54) is 0 Å². The van der Waals surface area contributed by atoms with Crippen LogP contribution in [0.25, 0.3) is 0 Å². The fourth-order valence-corrected chi connectivity index (χ4v) is 2.49. The van der Waals surface area contributed by atoms with Crippen LogP contribution in [0.5, 0.6) is 0 Å². The molecule has 2 aromatic heterocycles. The lowest BCUT2D eigenvalue weighted by atomic mass is 10.9. The average molecular weight is 284 g/mol. The molecule has 0 aliphatic heterocycles. The van der Waals surface area contributed by atoms with Gasteiger partial charge in [-0.2, -0.15) is 29.9 Å². The van der Waals surface area contributed by atoms with Crippen molar-refractivity contribution < 1.29 is 0 Å². The van der Waals surface area contributed by atoms with Crippen LogP contribution in [0.2, 0.25) is 0 Å². The minimum Gasteiger partial charge on any atom is -0.368 e. The third-order valence-electron chi connectivity index (χ3n) is 1.49. The minimum atomic E-state index is 0.0419. The molecule has 0 radical (unpaired) electrons. The molecule has 0 saturated heterocycles. The highest BCUT2D eigenvalue weighted by Gasteiger charge is 2.07. The summed E-state index contributed by atoms with van der Waals surface area (Å²) < 4.78 is 0. The topological polar surface area (TPSA) is 181 Å². The van der Waals surface area contributed by atoms with Gasteiger partial charge < -0.3 is 22.9 Å². The molecule has 0 spiro atoms. The van der Waals surface area contributed by atoms with E-state index in [0.29, 0.717) is 10.3 Å². The Morgan fingerprint density at radius 1 is 0.500 bits per heavy atom. The summed E-state index contributed by atoms with van der Waals surface area (Å²) in [6, 6.07) is 0. The van der Waals surface area contributed by atoms with Crippen LogP contribution in [0.4, 0.5) is 23.8 Å². The lowest BCUT2D eigenvalue weighted by Gasteiger charge is -2.01. The summed E-state index contributed by atoms with van der Waals surface area (Å²) in [6.45, 7) is 0. The quantitative estimate of drug-likeness (QED) is 0.515. The van der Waals surface area contributed by atoms with Gasteiger partial charge in [0.25, 0.3) is 0 Å². The van der Waals surface area contributed by atoms with Crippen molar-refractivity contribution in [2.24, 2.45) is 0 Å². The zero-order valence-corrected chi connectivity index (χ0v) is 10.4. The van der Waals surface area contributed by atoms with E-state index >= 15 is 0 Å². The Bertz CT molecular complexity index is 482. The number of aromatic nitrogens is 6. The Labute approximate surface area is 109 Å². The van der Waals surface area contributed by atoms with Gasteiger partial charge in [0.05, 0.1) is 0 Å². The molecule has 94 valence electrons. The molecule has 0 unspecified atom stereocenters. The van der Waals surface area contributed by atoms with Gasteiger partial charge in [-0.05, 0) is 21.6 Å². The van der Waals surface area contributed by atoms with Crippen molar-refractivity contribution >= 4 is 45.4 Å². The van der Waals surface area contributed by atoms with E-state index in [1.54, 1.807) is 0 Å². The van der Waals surface area contributed by atoms with E-state index in [0.717, 1.165) is 21.6 Å². The van der Waals surface area contributed by atoms with Gasteiger partial charge in [0.15, 0.2) is 0 Å². The monoisotopic (exact) mass is 284 g/mol. The molecule has 12 heteroatoms. The number of nitrogens with zero attached hydrogens (tertiary/aromatic N) is 6. The molecule has 2 rings (SSSR count). The molecule has 0 aliphatic carbocycles. The molecule has 0 bridgehead atoms. The Kier molecular flexibility index (Phi) is 3.47. The molecule has 10 nitrogen and oxygen atoms in total. The van der Waals surface area contributed by atoms with Crippen molar-refractivity contribution in [3.05, 3.63) is 0 Å². The first-order valence-electron chi connectivity index (χ1n) is 4.41. The molecule has 0 saturated carbocycles. The normalized spacial score (nSPS) is 10.4. The lowest BCUT2D eigenvalue weighted by molar-refractivity contribution is 0.928. The van der Waals surface area contributed by atoms with E-state index in [2.05, 4.69) is 29.9 Å². The molecule has 0 fully saturated rings. The SMILES string of the molecule is Nc1nc(N)nc(SSc2nc(N)nc(N)n2)n1. The molecule has 2 aromatic rings. The van der Waals surface area contributed by atoms with Crippen LogP contribution in [0.15, 0.2) is 10.3 Å². The van der Waals surface area contributed by atoms with Crippen molar-refractivity contribution in [2.75, 3.05) is 22.9 Å². The molecule has 8 N–H and O–H groups in total. The maximum absolute atomic E-state index is 5.43. The Hall–Kier alpha value is -2.08. The first-order valence-corrected chi connectivity index (χ1v) is 6.56. The third-order valence-corrected chi connectivity index (χ3v) is 3.38. The zero-order chi connectivity index (χ0) is 13.1. The standard InChI is InChI=1S/C6H8N10S2/c7-1-11-2(8)14-5(13-1)17-18-6-15-3(9)12-4(10)16-6/h(H4,7,8,11,13,14)(H4,9,10,12,15,16). The summed E-state index contributed by atoms with van der Waals surface area (Å²) in [5.41, 5.74) is 21.7. The second-order valence-corrected chi connectivity index (χ2v) is 4.90. The van der Waals surface area contributed by atoms with E-state index in [1.807, 2.05) is 0 Å². The summed E-state index contributed by atoms with van der Waals surface area (Å²) in [4.78, 5) is 22.8. The van der Waals surface area contributed by atoms with Crippen LogP contribution in [0.1, 0.15) is 0 Å². The van der Waals surface area contributed by atoms with Crippen molar-refractivity contribution in [2.45, 2.75) is 10.3 Å². The van der Waals surface area contributed by atoms with Crippen LogP contribution in [0, 0.1) is 0 Å². The third kappa shape index (κ3) is 3.21.